The normalized spacial score (nSPS) is 17.3. The predicted molar refractivity (Wildman–Crippen MR) is 72.6 cm³/mol. The van der Waals surface area contributed by atoms with Crippen molar-refractivity contribution in [3.63, 3.8) is 0 Å². The van der Waals surface area contributed by atoms with Crippen LogP contribution in [-0.2, 0) is 0 Å². The van der Waals surface area contributed by atoms with Crippen molar-refractivity contribution in [1.29, 1.82) is 0 Å². The van der Waals surface area contributed by atoms with Crippen LogP contribution in [0.2, 0.25) is 0 Å². The highest BCUT2D eigenvalue weighted by Crippen LogP contribution is 2.20. The summed E-state index contributed by atoms with van der Waals surface area (Å²) in [7, 11) is 0. The van der Waals surface area contributed by atoms with Crippen LogP contribution in [0.1, 0.15) is 30.3 Å². The lowest BCUT2D eigenvalue weighted by molar-refractivity contribution is 0.0692. The monoisotopic (exact) mass is 242 g/mol. The molecule has 18 heavy (non-hydrogen) atoms. The van der Waals surface area contributed by atoms with E-state index in [4.69, 9.17) is 0 Å². The first-order valence-corrected chi connectivity index (χ1v) is 6.61. The van der Waals surface area contributed by atoms with Gasteiger partial charge in [-0.2, -0.15) is 0 Å². The standard InChI is InChI=1S/C15H18N2O/c1-11-6-8-17(9-7-11)15(18)14-10-12-4-2-3-5-13(12)16-14/h2-5,10-11,16H,6-9H2,1H3. The van der Waals surface area contributed by atoms with Gasteiger partial charge in [0.1, 0.15) is 5.69 Å². The third-order valence-electron chi connectivity index (χ3n) is 3.83. The van der Waals surface area contributed by atoms with Gasteiger partial charge in [0.2, 0.25) is 0 Å². The Morgan fingerprint density at radius 1 is 1.28 bits per heavy atom. The van der Waals surface area contributed by atoms with Gasteiger partial charge in [0, 0.05) is 24.0 Å². The maximum Gasteiger partial charge on any atom is 0.270 e. The molecule has 94 valence electrons. The quantitative estimate of drug-likeness (QED) is 0.819. The van der Waals surface area contributed by atoms with Gasteiger partial charge in [0.05, 0.1) is 0 Å². The Balaban J connectivity index is 1.83. The number of rotatable bonds is 1. The largest absolute Gasteiger partial charge is 0.351 e. The second-order valence-corrected chi connectivity index (χ2v) is 5.24. The molecular weight excluding hydrogens is 224 g/mol. The Labute approximate surface area is 107 Å². The number of likely N-dealkylation sites (tertiary alicyclic amines) is 1. The summed E-state index contributed by atoms with van der Waals surface area (Å²) in [5.74, 6) is 0.884. The average Bonchev–Trinajstić information content (AvgIpc) is 2.82. The number of carbonyl (C=O) groups excluding carboxylic acids is 1. The summed E-state index contributed by atoms with van der Waals surface area (Å²) in [5, 5.41) is 1.10. The van der Waals surface area contributed by atoms with Crippen LogP contribution in [-0.4, -0.2) is 28.9 Å². The van der Waals surface area contributed by atoms with E-state index < -0.39 is 0 Å². The number of H-pyrrole nitrogens is 1. The Morgan fingerprint density at radius 2 is 2.00 bits per heavy atom. The molecule has 3 heteroatoms. The van der Waals surface area contributed by atoms with Crippen molar-refractivity contribution in [2.75, 3.05) is 13.1 Å². The molecule has 3 rings (SSSR count). The van der Waals surface area contributed by atoms with E-state index in [9.17, 15) is 4.79 Å². The molecule has 1 saturated heterocycles. The lowest BCUT2D eigenvalue weighted by Gasteiger charge is -2.29. The van der Waals surface area contributed by atoms with Crippen LogP contribution in [0, 0.1) is 5.92 Å². The van der Waals surface area contributed by atoms with Crippen molar-refractivity contribution < 1.29 is 4.79 Å². The summed E-state index contributed by atoms with van der Waals surface area (Å²) in [6, 6.07) is 9.96. The van der Waals surface area contributed by atoms with Gasteiger partial charge in [-0.3, -0.25) is 4.79 Å². The molecule has 3 nitrogen and oxygen atoms in total. The minimum Gasteiger partial charge on any atom is -0.351 e. The fourth-order valence-corrected chi connectivity index (χ4v) is 2.57. The molecule has 0 atom stereocenters. The number of piperidine rings is 1. The predicted octanol–water partition coefficient (Wildman–Crippen LogP) is 3.04. The van der Waals surface area contributed by atoms with Crippen molar-refractivity contribution in [3.05, 3.63) is 36.0 Å². The third kappa shape index (κ3) is 2.01. The highest BCUT2D eigenvalue weighted by atomic mass is 16.2. The van der Waals surface area contributed by atoms with Crippen molar-refractivity contribution in [2.45, 2.75) is 19.8 Å². The molecule has 0 bridgehead atoms. The fourth-order valence-electron chi connectivity index (χ4n) is 2.57. The number of nitrogens with one attached hydrogen (secondary N) is 1. The topological polar surface area (TPSA) is 36.1 Å². The molecule has 1 aromatic heterocycles. The Hall–Kier alpha value is -1.77. The van der Waals surface area contributed by atoms with Crippen LogP contribution in [0.4, 0.5) is 0 Å². The summed E-state index contributed by atoms with van der Waals surface area (Å²) in [6.45, 7) is 4.02. The molecule has 1 aliphatic heterocycles. The zero-order valence-corrected chi connectivity index (χ0v) is 10.6. The highest BCUT2D eigenvalue weighted by molar-refractivity contribution is 5.98. The number of hydrogen-bond acceptors (Lipinski definition) is 1. The maximum absolute atomic E-state index is 12.4. The van der Waals surface area contributed by atoms with Crippen LogP contribution >= 0.6 is 0 Å². The van der Waals surface area contributed by atoms with Gasteiger partial charge in [0.15, 0.2) is 0 Å². The summed E-state index contributed by atoms with van der Waals surface area (Å²) >= 11 is 0. The molecular formula is C15H18N2O. The number of nitrogens with zero attached hydrogens (tertiary/aromatic N) is 1. The Kier molecular flexibility index (Phi) is 2.82. The maximum atomic E-state index is 12.4. The van der Waals surface area contributed by atoms with Crippen LogP contribution in [0.5, 0.6) is 0 Å². The first-order valence-electron chi connectivity index (χ1n) is 6.61. The van der Waals surface area contributed by atoms with E-state index >= 15 is 0 Å². The van der Waals surface area contributed by atoms with Gasteiger partial charge < -0.3 is 9.88 Å². The fraction of sp³-hybridized carbons (Fsp3) is 0.400. The molecule has 0 unspecified atom stereocenters. The highest BCUT2D eigenvalue weighted by Gasteiger charge is 2.22. The number of carbonyl (C=O) groups is 1. The van der Waals surface area contributed by atoms with E-state index in [1.54, 1.807) is 0 Å². The van der Waals surface area contributed by atoms with Crippen molar-refractivity contribution in [2.24, 2.45) is 5.92 Å². The smallest absolute Gasteiger partial charge is 0.270 e. The number of amides is 1. The lowest BCUT2D eigenvalue weighted by Crippen LogP contribution is -2.38. The molecule has 1 amide bonds. The van der Waals surface area contributed by atoms with Crippen molar-refractivity contribution in [1.82, 2.24) is 9.88 Å². The summed E-state index contributed by atoms with van der Waals surface area (Å²) in [6.07, 6.45) is 2.23. The molecule has 1 aliphatic rings. The van der Waals surface area contributed by atoms with Gasteiger partial charge in [-0.1, -0.05) is 25.1 Å². The third-order valence-corrected chi connectivity index (χ3v) is 3.83. The summed E-state index contributed by atoms with van der Waals surface area (Å²) in [4.78, 5) is 17.5. The molecule has 1 fully saturated rings. The van der Waals surface area contributed by atoms with Crippen molar-refractivity contribution in [3.8, 4) is 0 Å². The Bertz CT molecular complexity index is 532. The number of benzene rings is 1. The van der Waals surface area contributed by atoms with Crippen LogP contribution in [0.3, 0.4) is 0 Å². The van der Waals surface area contributed by atoms with E-state index in [1.165, 1.54) is 0 Å². The first-order chi connectivity index (χ1) is 8.74. The summed E-state index contributed by atoms with van der Waals surface area (Å²) < 4.78 is 0. The zero-order valence-electron chi connectivity index (χ0n) is 10.6. The number of aromatic nitrogens is 1. The van der Waals surface area contributed by atoms with Gasteiger partial charge in [-0.15, -0.1) is 0 Å². The minimum atomic E-state index is 0.137. The summed E-state index contributed by atoms with van der Waals surface area (Å²) in [5.41, 5.74) is 1.75. The van der Waals surface area contributed by atoms with E-state index in [2.05, 4.69) is 11.9 Å². The SMILES string of the molecule is CC1CCN(C(=O)c2cc3ccccc3[nH]2)CC1. The average molecular weight is 242 g/mol. The van der Waals surface area contributed by atoms with Crippen LogP contribution < -0.4 is 0 Å². The van der Waals surface area contributed by atoms with Gasteiger partial charge >= 0.3 is 0 Å². The molecule has 0 aliphatic carbocycles. The van der Waals surface area contributed by atoms with Gasteiger partial charge in [-0.05, 0) is 30.9 Å². The van der Waals surface area contributed by atoms with Crippen LogP contribution in [0.25, 0.3) is 10.9 Å². The van der Waals surface area contributed by atoms with Gasteiger partial charge in [0.25, 0.3) is 5.91 Å². The molecule has 0 spiro atoms. The molecule has 1 N–H and O–H groups in total. The number of para-hydroxylation sites is 1. The second kappa shape index (κ2) is 4.48. The first kappa shape index (κ1) is 11.3. The molecule has 1 aromatic carbocycles. The number of fused-ring (bicyclic) bond motifs is 1. The second-order valence-electron chi connectivity index (χ2n) is 5.24. The number of aromatic amines is 1. The van der Waals surface area contributed by atoms with Crippen molar-refractivity contribution >= 4 is 16.8 Å². The van der Waals surface area contributed by atoms with E-state index in [1.807, 2.05) is 35.2 Å². The molecule has 2 heterocycles. The lowest BCUT2D eigenvalue weighted by atomic mass is 9.99. The molecule has 0 radical (unpaired) electrons. The van der Waals surface area contributed by atoms with E-state index in [0.29, 0.717) is 5.69 Å². The Morgan fingerprint density at radius 3 is 2.72 bits per heavy atom. The van der Waals surface area contributed by atoms with Crippen LogP contribution in [0.15, 0.2) is 30.3 Å². The number of hydrogen-bond donors (Lipinski definition) is 1. The van der Waals surface area contributed by atoms with Gasteiger partial charge in [-0.25, -0.2) is 0 Å². The van der Waals surface area contributed by atoms with E-state index in [0.717, 1.165) is 42.8 Å². The zero-order chi connectivity index (χ0) is 12.5. The minimum absolute atomic E-state index is 0.137. The molecule has 2 aromatic rings. The molecule has 0 saturated carbocycles. The van der Waals surface area contributed by atoms with E-state index in [-0.39, 0.29) is 5.91 Å².